The first-order chi connectivity index (χ1) is 13.7. The van der Waals surface area contributed by atoms with Crippen LogP contribution >= 0.6 is 0 Å². The fraction of sp³-hybridized carbons (Fsp3) is 0.375. The van der Waals surface area contributed by atoms with E-state index in [1.165, 1.54) is 0 Å². The Bertz CT molecular complexity index is 1000. The molecule has 1 aliphatic heterocycles. The number of hydrogen-bond donors (Lipinski definition) is 0. The van der Waals surface area contributed by atoms with Crippen LogP contribution in [0, 0.1) is 12.8 Å². The molecule has 0 bridgehead atoms. The molecule has 1 aromatic heterocycles. The molecule has 28 heavy (non-hydrogen) atoms. The van der Waals surface area contributed by atoms with Gasteiger partial charge < -0.3 is 13.9 Å². The van der Waals surface area contributed by atoms with Crippen LogP contribution in [-0.4, -0.2) is 19.5 Å². The predicted octanol–water partition coefficient (Wildman–Crippen LogP) is 5.10. The molecule has 4 heteroatoms. The zero-order valence-electron chi connectivity index (χ0n) is 16.4. The summed E-state index contributed by atoms with van der Waals surface area (Å²) in [5, 5.41) is 0.675. The molecule has 0 aliphatic carbocycles. The topological polar surface area (TPSA) is 48.7 Å². The van der Waals surface area contributed by atoms with Gasteiger partial charge in [-0.25, -0.2) is 0 Å². The molecular weight excluding hydrogens is 352 g/mol. The molecule has 1 aliphatic rings. The van der Waals surface area contributed by atoms with Gasteiger partial charge in [-0.1, -0.05) is 49.4 Å². The van der Waals surface area contributed by atoms with E-state index in [9.17, 15) is 4.79 Å². The summed E-state index contributed by atoms with van der Waals surface area (Å²) < 4.78 is 17.8. The minimum Gasteiger partial charge on any atom is -0.456 e. The van der Waals surface area contributed by atoms with Crippen LogP contribution in [0.1, 0.15) is 30.9 Å². The van der Waals surface area contributed by atoms with Gasteiger partial charge in [-0.15, -0.1) is 0 Å². The lowest BCUT2D eigenvalue weighted by molar-refractivity contribution is -0.205. The molecule has 0 amide bonds. The van der Waals surface area contributed by atoms with Crippen molar-refractivity contribution >= 4 is 11.0 Å². The fourth-order valence-corrected chi connectivity index (χ4v) is 3.93. The average Bonchev–Trinajstić information content (AvgIpc) is 2.75. The molecule has 1 unspecified atom stereocenters. The first kappa shape index (κ1) is 18.9. The van der Waals surface area contributed by atoms with Gasteiger partial charge in [-0.3, -0.25) is 4.79 Å². The largest absolute Gasteiger partial charge is 0.456 e. The van der Waals surface area contributed by atoms with E-state index >= 15 is 0 Å². The number of rotatable bonds is 5. The van der Waals surface area contributed by atoms with Crippen LogP contribution in [0.2, 0.25) is 0 Å². The van der Waals surface area contributed by atoms with Crippen molar-refractivity contribution < 1.29 is 13.9 Å². The number of ether oxygens (including phenoxy) is 2. The van der Waals surface area contributed by atoms with Crippen LogP contribution in [0.4, 0.5) is 0 Å². The Morgan fingerprint density at radius 1 is 1.04 bits per heavy atom. The van der Waals surface area contributed by atoms with Crippen molar-refractivity contribution in [3.8, 4) is 11.3 Å². The van der Waals surface area contributed by atoms with Crippen molar-refractivity contribution in [1.29, 1.82) is 0 Å². The van der Waals surface area contributed by atoms with Gasteiger partial charge in [-0.2, -0.15) is 0 Å². The van der Waals surface area contributed by atoms with Gasteiger partial charge in [-0.05, 0) is 37.8 Å². The van der Waals surface area contributed by atoms with Crippen LogP contribution in [0.25, 0.3) is 22.3 Å². The molecule has 0 saturated carbocycles. The highest BCUT2D eigenvalue weighted by Crippen LogP contribution is 2.29. The molecule has 2 heterocycles. The van der Waals surface area contributed by atoms with Gasteiger partial charge in [0.25, 0.3) is 0 Å². The second kappa shape index (κ2) is 8.29. The summed E-state index contributed by atoms with van der Waals surface area (Å²) in [6.07, 6.45) is 2.39. The standard InChI is InChI=1S/C24H26O4/c1-3-17(24-26-13-8-14-27-24)15-19-11-7-12-20-21(19)22(25)16(2)23(28-20)18-9-5-4-6-10-18/h4-7,9-12,17,24H,3,8,13-15H2,1-2H3. The molecule has 1 fully saturated rings. The fourth-order valence-electron chi connectivity index (χ4n) is 3.93. The number of fused-ring (bicyclic) bond motifs is 1. The highest BCUT2D eigenvalue weighted by atomic mass is 16.7. The van der Waals surface area contributed by atoms with Gasteiger partial charge >= 0.3 is 0 Å². The van der Waals surface area contributed by atoms with Crippen LogP contribution in [0.5, 0.6) is 0 Å². The lowest BCUT2D eigenvalue weighted by atomic mass is 9.92. The van der Waals surface area contributed by atoms with Gasteiger partial charge in [0.2, 0.25) is 0 Å². The van der Waals surface area contributed by atoms with Crippen molar-refractivity contribution in [2.45, 2.75) is 39.4 Å². The molecule has 1 saturated heterocycles. The van der Waals surface area contributed by atoms with E-state index in [1.54, 1.807) is 0 Å². The zero-order chi connectivity index (χ0) is 19.5. The SMILES string of the molecule is CCC(Cc1cccc2oc(-c3ccccc3)c(C)c(=O)c12)C1OCCCO1. The van der Waals surface area contributed by atoms with Gasteiger partial charge in [0, 0.05) is 17.0 Å². The third-order valence-corrected chi connectivity index (χ3v) is 5.51. The Labute approximate surface area is 165 Å². The van der Waals surface area contributed by atoms with Gasteiger partial charge in [0.05, 0.1) is 18.6 Å². The van der Waals surface area contributed by atoms with Gasteiger partial charge in [0.15, 0.2) is 11.7 Å². The van der Waals surface area contributed by atoms with Gasteiger partial charge in [0.1, 0.15) is 11.3 Å². The van der Waals surface area contributed by atoms with Crippen molar-refractivity contribution in [3.05, 3.63) is 69.9 Å². The highest BCUT2D eigenvalue weighted by Gasteiger charge is 2.26. The monoisotopic (exact) mass is 378 g/mol. The van der Waals surface area contributed by atoms with Crippen LogP contribution in [-0.2, 0) is 15.9 Å². The summed E-state index contributed by atoms with van der Waals surface area (Å²) in [5.74, 6) is 0.848. The molecule has 0 spiro atoms. The van der Waals surface area contributed by atoms with E-state index in [-0.39, 0.29) is 17.6 Å². The summed E-state index contributed by atoms with van der Waals surface area (Å²) in [6.45, 7) is 5.45. The van der Waals surface area contributed by atoms with E-state index in [4.69, 9.17) is 13.9 Å². The Hall–Kier alpha value is -2.43. The normalized spacial score (nSPS) is 16.4. The van der Waals surface area contributed by atoms with E-state index in [1.807, 2.05) is 55.5 Å². The minimum absolute atomic E-state index is 0.0380. The summed E-state index contributed by atoms with van der Waals surface area (Å²) in [5.41, 5.74) is 3.23. The Balaban J connectivity index is 1.76. The first-order valence-electron chi connectivity index (χ1n) is 10.0. The van der Waals surface area contributed by atoms with Crippen LogP contribution < -0.4 is 5.43 Å². The van der Waals surface area contributed by atoms with Crippen LogP contribution in [0.3, 0.4) is 0 Å². The molecule has 0 N–H and O–H groups in total. The second-order valence-electron chi connectivity index (χ2n) is 7.38. The molecule has 2 aromatic carbocycles. The van der Waals surface area contributed by atoms with E-state index in [2.05, 4.69) is 6.92 Å². The van der Waals surface area contributed by atoms with E-state index in [0.717, 1.165) is 43.6 Å². The molecule has 3 aromatic rings. The minimum atomic E-state index is -0.203. The quantitative estimate of drug-likeness (QED) is 0.620. The third-order valence-electron chi connectivity index (χ3n) is 5.51. The Kier molecular flexibility index (Phi) is 5.60. The smallest absolute Gasteiger partial charge is 0.196 e. The molecular formula is C24H26O4. The van der Waals surface area contributed by atoms with Crippen molar-refractivity contribution in [2.24, 2.45) is 5.92 Å². The summed E-state index contributed by atoms with van der Waals surface area (Å²) in [7, 11) is 0. The summed E-state index contributed by atoms with van der Waals surface area (Å²) >= 11 is 0. The van der Waals surface area contributed by atoms with Crippen LogP contribution in [0.15, 0.2) is 57.7 Å². The van der Waals surface area contributed by atoms with Crippen molar-refractivity contribution in [1.82, 2.24) is 0 Å². The summed E-state index contributed by atoms with van der Waals surface area (Å²) in [4.78, 5) is 13.3. The second-order valence-corrected chi connectivity index (χ2v) is 7.38. The maximum absolute atomic E-state index is 13.3. The lowest BCUT2D eigenvalue weighted by Crippen LogP contribution is -2.33. The molecule has 4 nitrogen and oxygen atoms in total. The number of benzene rings is 2. The predicted molar refractivity (Wildman–Crippen MR) is 110 cm³/mol. The van der Waals surface area contributed by atoms with E-state index in [0.29, 0.717) is 22.3 Å². The first-order valence-corrected chi connectivity index (χ1v) is 10.0. The highest BCUT2D eigenvalue weighted by molar-refractivity contribution is 5.83. The zero-order valence-corrected chi connectivity index (χ0v) is 16.4. The molecule has 1 atom stereocenters. The Morgan fingerprint density at radius 2 is 1.79 bits per heavy atom. The summed E-state index contributed by atoms with van der Waals surface area (Å²) in [6, 6.07) is 15.6. The maximum Gasteiger partial charge on any atom is 0.196 e. The molecule has 146 valence electrons. The number of hydrogen-bond acceptors (Lipinski definition) is 4. The van der Waals surface area contributed by atoms with E-state index < -0.39 is 0 Å². The average molecular weight is 378 g/mol. The molecule has 4 rings (SSSR count). The Morgan fingerprint density at radius 3 is 2.50 bits per heavy atom. The molecule has 0 radical (unpaired) electrons. The van der Waals surface area contributed by atoms with Crippen molar-refractivity contribution in [3.63, 3.8) is 0 Å². The van der Waals surface area contributed by atoms with Crippen molar-refractivity contribution in [2.75, 3.05) is 13.2 Å². The lowest BCUT2D eigenvalue weighted by Gasteiger charge is -2.30. The third kappa shape index (κ3) is 3.62. The maximum atomic E-state index is 13.3.